The minimum Gasteiger partial charge on any atom is -0.496 e. The molecule has 3 aromatic heterocycles. The molecule has 1 aliphatic rings. The van der Waals surface area contributed by atoms with Crippen LogP contribution < -0.4 is 4.74 Å². The van der Waals surface area contributed by atoms with Crippen molar-refractivity contribution in [3.63, 3.8) is 0 Å². The van der Waals surface area contributed by atoms with Crippen LogP contribution in [0.3, 0.4) is 0 Å². The van der Waals surface area contributed by atoms with Gasteiger partial charge in [0.1, 0.15) is 5.75 Å². The van der Waals surface area contributed by atoms with Gasteiger partial charge in [0.15, 0.2) is 5.65 Å². The highest BCUT2D eigenvalue weighted by molar-refractivity contribution is 7.98. The van der Waals surface area contributed by atoms with Gasteiger partial charge in [0, 0.05) is 83.8 Å². The minimum absolute atomic E-state index is 0.902. The third kappa shape index (κ3) is 6.27. The van der Waals surface area contributed by atoms with E-state index in [1.807, 2.05) is 26.2 Å². The number of piperazine rings is 1. The summed E-state index contributed by atoms with van der Waals surface area (Å²) in [6.45, 7) is 11.4. The molecule has 226 valence electrons. The molecule has 0 amide bonds. The van der Waals surface area contributed by atoms with Gasteiger partial charge in [-0.05, 0) is 84.9 Å². The van der Waals surface area contributed by atoms with Crippen molar-refractivity contribution < 1.29 is 4.74 Å². The molecule has 0 unspecified atom stereocenters. The molecule has 7 rings (SSSR count). The molecule has 0 bridgehead atoms. The number of ether oxygens (including phenoxy) is 1. The Morgan fingerprint density at radius 3 is 2.41 bits per heavy atom. The first-order valence-electron chi connectivity index (χ1n) is 15.5. The fraction of sp³-hybridized carbons (Fsp3) is 0.270. The number of rotatable bonds is 7. The number of aryl methyl sites for hydroxylation is 1. The Hall–Kier alpha value is -4.04. The number of nitrogens with zero attached hydrogens (tertiary/aromatic N) is 4. The molecule has 0 saturated carbocycles. The van der Waals surface area contributed by atoms with Gasteiger partial charge >= 0.3 is 0 Å². The monoisotopic (exact) mass is 603 g/mol. The second kappa shape index (κ2) is 13.3. The van der Waals surface area contributed by atoms with Crippen LogP contribution in [-0.2, 0) is 6.54 Å². The van der Waals surface area contributed by atoms with Gasteiger partial charge in [0.2, 0.25) is 0 Å². The Bertz CT molecular complexity index is 1870. The van der Waals surface area contributed by atoms with E-state index in [9.17, 15) is 0 Å². The molecule has 0 aliphatic carbocycles. The minimum atomic E-state index is 0.902. The summed E-state index contributed by atoms with van der Waals surface area (Å²) in [5.74, 6) is 0.928. The number of hydrogen-bond acceptors (Lipinski definition) is 5. The van der Waals surface area contributed by atoms with Crippen LogP contribution in [0.15, 0.2) is 96.3 Å². The number of hydrogen-bond donors (Lipinski definition) is 1. The molecular formula is C37H41N5OS. The molecule has 44 heavy (non-hydrogen) atoms. The summed E-state index contributed by atoms with van der Waals surface area (Å²) in [4.78, 5) is 14.4. The number of nitrogens with one attached hydrogen (secondary N) is 1. The lowest BCUT2D eigenvalue weighted by molar-refractivity contribution is 0.147. The fourth-order valence-corrected chi connectivity index (χ4v) is 6.65. The van der Waals surface area contributed by atoms with Crippen LogP contribution in [0.2, 0.25) is 0 Å². The van der Waals surface area contributed by atoms with Crippen molar-refractivity contribution in [3.05, 3.63) is 103 Å². The molecular weight excluding hydrogens is 563 g/mol. The van der Waals surface area contributed by atoms with Crippen LogP contribution in [0, 0.1) is 6.92 Å². The van der Waals surface area contributed by atoms with Gasteiger partial charge in [0.25, 0.3) is 0 Å². The Labute approximate surface area is 264 Å². The standard InChI is InChI=1S/C35H35N5OS.C2H6/c1-24-4-9-30(10-5-24)42-40-23-32(26-8-11-33-27(18-26)12-13-36-33)31-19-29(21-37-35(31)40)25-6-7-28(34(20-25)41-3)22-39-16-14-38(2)15-17-39;1-2/h4-13,18-21,23,36H,14-17,22H2,1-3H3;1-2H3. The summed E-state index contributed by atoms with van der Waals surface area (Å²) < 4.78 is 8.09. The predicted octanol–water partition coefficient (Wildman–Crippen LogP) is 8.50. The van der Waals surface area contributed by atoms with Crippen LogP contribution in [0.1, 0.15) is 25.0 Å². The van der Waals surface area contributed by atoms with E-state index in [1.165, 1.54) is 32.5 Å². The van der Waals surface area contributed by atoms with Crippen molar-refractivity contribution in [3.8, 4) is 28.0 Å². The molecule has 4 heterocycles. The van der Waals surface area contributed by atoms with Gasteiger partial charge < -0.3 is 14.6 Å². The van der Waals surface area contributed by atoms with E-state index in [0.29, 0.717) is 0 Å². The largest absolute Gasteiger partial charge is 0.496 e. The van der Waals surface area contributed by atoms with Gasteiger partial charge in [-0.2, -0.15) is 0 Å². The first-order valence-corrected chi connectivity index (χ1v) is 16.2. The van der Waals surface area contributed by atoms with Gasteiger partial charge in [-0.15, -0.1) is 0 Å². The smallest absolute Gasteiger partial charge is 0.150 e. The van der Waals surface area contributed by atoms with Gasteiger partial charge in [0.05, 0.1) is 7.11 Å². The average molecular weight is 604 g/mol. The number of pyridine rings is 1. The molecule has 1 saturated heterocycles. The second-order valence-corrected chi connectivity index (χ2v) is 12.3. The summed E-state index contributed by atoms with van der Waals surface area (Å²) in [5.41, 5.74) is 9.09. The van der Waals surface area contributed by atoms with E-state index in [1.54, 1.807) is 19.1 Å². The zero-order valence-corrected chi connectivity index (χ0v) is 27.1. The zero-order valence-electron chi connectivity index (χ0n) is 26.3. The van der Waals surface area contributed by atoms with Crippen molar-refractivity contribution >= 4 is 33.9 Å². The van der Waals surface area contributed by atoms with E-state index in [2.05, 4.69) is 112 Å². The maximum absolute atomic E-state index is 5.89. The van der Waals surface area contributed by atoms with Crippen molar-refractivity contribution in [2.24, 2.45) is 0 Å². The molecule has 0 atom stereocenters. The highest BCUT2D eigenvalue weighted by atomic mass is 32.2. The molecule has 6 aromatic rings. The van der Waals surface area contributed by atoms with Crippen LogP contribution in [0.4, 0.5) is 0 Å². The summed E-state index contributed by atoms with van der Waals surface area (Å²) in [5, 5.41) is 2.33. The molecule has 3 aromatic carbocycles. The topological polar surface area (TPSA) is 49.3 Å². The number of aromatic amines is 1. The van der Waals surface area contributed by atoms with Gasteiger partial charge in [-0.3, -0.25) is 8.87 Å². The number of likely N-dealkylation sites (N-methyl/N-ethyl adjacent to an activating group) is 1. The van der Waals surface area contributed by atoms with Crippen LogP contribution in [-0.4, -0.2) is 64.1 Å². The fourth-order valence-electron chi connectivity index (χ4n) is 5.77. The number of fused-ring (bicyclic) bond motifs is 2. The Morgan fingerprint density at radius 1 is 0.864 bits per heavy atom. The Balaban J connectivity index is 0.00000168. The molecule has 7 heteroatoms. The molecule has 0 spiro atoms. The first-order chi connectivity index (χ1) is 21.5. The quantitative estimate of drug-likeness (QED) is 0.198. The molecule has 1 fully saturated rings. The van der Waals surface area contributed by atoms with Crippen molar-refractivity contribution in [2.75, 3.05) is 40.3 Å². The van der Waals surface area contributed by atoms with E-state index >= 15 is 0 Å². The molecule has 6 nitrogen and oxygen atoms in total. The zero-order chi connectivity index (χ0) is 30.6. The Morgan fingerprint density at radius 2 is 1.64 bits per heavy atom. The summed E-state index contributed by atoms with van der Waals surface area (Å²) in [6.07, 6.45) is 6.20. The second-order valence-electron chi connectivity index (χ2n) is 11.3. The van der Waals surface area contributed by atoms with E-state index < -0.39 is 0 Å². The average Bonchev–Trinajstić information content (AvgIpc) is 3.68. The molecule has 1 aliphatic heterocycles. The van der Waals surface area contributed by atoms with Crippen molar-refractivity contribution in [1.82, 2.24) is 23.7 Å². The summed E-state index contributed by atoms with van der Waals surface area (Å²) in [7, 11) is 3.96. The Kier molecular flexibility index (Phi) is 9.07. The number of methoxy groups -OCH3 is 1. The van der Waals surface area contributed by atoms with Crippen LogP contribution in [0.25, 0.3) is 44.2 Å². The van der Waals surface area contributed by atoms with Crippen molar-refractivity contribution in [2.45, 2.75) is 32.2 Å². The number of aromatic nitrogens is 3. The van der Waals surface area contributed by atoms with E-state index in [0.717, 1.165) is 66.2 Å². The normalized spacial score (nSPS) is 14.1. The van der Waals surface area contributed by atoms with Gasteiger partial charge in [-0.25, -0.2) is 4.98 Å². The lowest BCUT2D eigenvalue weighted by atomic mass is 10.00. The number of H-pyrrole nitrogens is 1. The third-order valence-corrected chi connectivity index (χ3v) is 9.27. The molecule has 1 N–H and O–H groups in total. The first kappa shape index (κ1) is 30.0. The van der Waals surface area contributed by atoms with E-state index in [4.69, 9.17) is 9.72 Å². The van der Waals surface area contributed by atoms with E-state index in [-0.39, 0.29) is 0 Å². The van der Waals surface area contributed by atoms with Gasteiger partial charge in [-0.1, -0.05) is 49.7 Å². The summed E-state index contributed by atoms with van der Waals surface area (Å²) >= 11 is 1.69. The van der Waals surface area contributed by atoms with Crippen LogP contribution in [0.5, 0.6) is 5.75 Å². The lowest BCUT2D eigenvalue weighted by Gasteiger charge is -2.32. The highest BCUT2D eigenvalue weighted by Crippen LogP contribution is 2.38. The predicted molar refractivity (Wildman–Crippen MR) is 186 cm³/mol. The lowest BCUT2D eigenvalue weighted by Crippen LogP contribution is -2.43. The maximum Gasteiger partial charge on any atom is 0.150 e. The van der Waals surface area contributed by atoms with Crippen LogP contribution >= 0.6 is 11.9 Å². The summed E-state index contributed by atoms with van der Waals surface area (Å²) in [6, 6.07) is 26.2. The maximum atomic E-state index is 5.89. The third-order valence-electron chi connectivity index (χ3n) is 8.31. The SMILES string of the molecule is CC.COc1cc(-c2cnc3c(c2)c(-c2ccc4[nH]ccc4c2)cn3Sc2ccc(C)cc2)ccc1CN1CCN(C)CC1. The highest BCUT2D eigenvalue weighted by Gasteiger charge is 2.18. The molecule has 0 radical (unpaired) electrons. The van der Waals surface area contributed by atoms with Crippen molar-refractivity contribution in [1.29, 1.82) is 0 Å². The number of benzene rings is 3.